The first-order valence-corrected chi connectivity index (χ1v) is 12.6. The van der Waals surface area contributed by atoms with Crippen LogP contribution in [-0.2, 0) is 20.3 Å². The molecule has 0 spiro atoms. The first kappa shape index (κ1) is 23.7. The van der Waals surface area contributed by atoms with Crippen LogP contribution in [0.1, 0.15) is 36.6 Å². The van der Waals surface area contributed by atoms with Crippen molar-refractivity contribution < 1.29 is 17.5 Å². The Kier molecular flexibility index (Phi) is 5.89. The number of rotatable bonds is 3. The Morgan fingerprint density at radius 2 is 1.97 bits per heavy atom. The quantitative estimate of drug-likeness (QED) is 0.708. The normalized spacial score (nSPS) is 21.3. The van der Waals surface area contributed by atoms with E-state index in [4.69, 9.17) is 4.74 Å². The molecule has 1 aromatic heterocycles. The second-order valence-electron chi connectivity index (χ2n) is 8.86. The van der Waals surface area contributed by atoms with Crippen molar-refractivity contribution in [3.63, 3.8) is 0 Å². The van der Waals surface area contributed by atoms with Gasteiger partial charge in [-0.15, -0.1) is 10.2 Å². The fraction of sp³-hybridized carbons (Fsp3) is 0.333. The van der Waals surface area contributed by atoms with Gasteiger partial charge in [0.1, 0.15) is 17.4 Å². The van der Waals surface area contributed by atoms with Gasteiger partial charge in [-0.3, -0.25) is 8.87 Å². The third-order valence-corrected chi connectivity index (χ3v) is 7.02. The second-order valence-corrected chi connectivity index (χ2v) is 10.8. The van der Waals surface area contributed by atoms with E-state index in [0.29, 0.717) is 34.0 Å². The van der Waals surface area contributed by atoms with E-state index in [1.165, 1.54) is 23.7 Å². The van der Waals surface area contributed by atoms with Crippen LogP contribution in [0.2, 0.25) is 0 Å². The molecule has 0 saturated heterocycles. The maximum Gasteiger partial charge on any atom is 0.232 e. The zero-order valence-corrected chi connectivity index (χ0v) is 20.9. The van der Waals surface area contributed by atoms with Crippen LogP contribution in [0.25, 0.3) is 11.3 Å². The molecule has 2 aliphatic rings. The van der Waals surface area contributed by atoms with Gasteiger partial charge in [-0.2, -0.15) is 0 Å². The summed E-state index contributed by atoms with van der Waals surface area (Å²) in [5, 5.41) is 12.0. The van der Waals surface area contributed by atoms with E-state index in [1.807, 2.05) is 32.3 Å². The SMILES string of the molecule is COC1=C/C(c2c(F)cc3c(c2C)-n2c(C)nnc2C(C)(C)N3)=C/C=CCN(S(C)(=O)=O)\C=C\1. The number of ether oxygens (including phenoxy) is 1. The molecular formula is C24H28FN5O3S. The molecule has 0 atom stereocenters. The fourth-order valence-electron chi connectivity index (χ4n) is 4.26. The highest BCUT2D eigenvalue weighted by Gasteiger charge is 2.36. The van der Waals surface area contributed by atoms with Crippen molar-refractivity contribution in [3.05, 3.63) is 77.0 Å². The van der Waals surface area contributed by atoms with Gasteiger partial charge in [0.2, 0.25) is 10.0 Å². The average molecular weight is 486 g/mol. The van der Waals surface area contributed by atoms with Gasteiger partial charge in [-0.1, -0.05) is 18.2 Å². The lowest BCUT2D eigenvalue weighted by atomic mass is 9.92. The third-order valence-electron chi connectivity index (χ3n) is 5.90. The summed E-state index contributed by atoms with van der Waals surface area (Å²) in [4.78, 5) is 0. The van der Waals surface area contributed by atoms with Crippen LogP contribution in [0.15, 0.2) is 48.4 Å². The Morgan fingerprint density at radius 1 is 1.24 bits per heavy atom. The van der Waals surface area contributed by atoms with Crippen LogP contribution in [0.4, 0.5) is 10.1 Å². The molecule has 0 saturated carbocycles. The summed E-state index contributed by atoms with van der Waals surface area (Å²) in [6, 6.07) is 1.49. The first-order valence-electron chi connectivity index (χ1n) is 10.8. The summed E-state index contributed by atoms with van der Waals surface area (Å²) < 4.78 is 48.2. The minimum atomic E-state index is -3.44. The van der Waals surface area contributed by atoms with Gasteiger partial charge in [0, 0.05) is 11.8 Å². The van der Waals surface area contributed by atoms with E-state index in [9.17, 15) is 8.42 Å². The maximum absolute atomic E-state index is 15.6. The molecular weight excluding hydrogens is 457 g/mol. The number of nitrogens with zero attached hydrogens (tertiary/aromatic N) is 4. The molecule has 1 N–H and O–H groups in total. The zero-order chi connectivity index (χ0) is 24.8. The van der Waals surface area contributed by atoms with Crippen LogP contribution in [0.5, 0.6) is 0 Å². The number of nitrogens with one attached hydrogen (secondary N) is 1. The van der Waals surface area contributed by atoms with Crippen molar-refractivity contribution in [1.29, 1.82) is 0 Å². The molecule has 4 rings (SSSR count). The molecule has 0 amide bonds. The van der Waals surface area contributed by atoms with Gasteiger partial charge in [-0.25, -0.2) is 12.8 Å². The lowest BCUT2D eigenvalue weighted by Gasteiger charge is -2.35. The molecule has 10 heteroatoms. The molecule has 0 aliphatic carbocycles. The number of methoxy groups -OCH3 is 1. The maximum atomic E-state index is 15.6. The third kappa shape index (κ3) is 4.13. The Morgan fingerprint density at radius 3 is 2.65 bits per heavy atom. The Labute approximate surface area is 199 Å². The van der Waals surface area contributed by atoms with Crippen molar-refractivity contribution in [3.8, 4) is 5.69 Å². The fourth-order valence-corrected chi connectivity index (χ4v) is 4.90. The number of hydrogen-bond donors (Lipinski definition) is 1. The second kappa shape index (κ2) is 8.43. The predicted molar refractivity (Wildman–Crippen MR) is 130 cm³/mol. The predicted octanol–water partition coefficient (Wildman–Crippen LogP) is 3.94. The standard InChI is InChI=1S/C24H28FN5O3S/c1-15-21(17-9-7-8-11-29(34(6,31)32)12-10-18(13-17)33-5)19(25)14-20-22(15)30-16(2)27-28-23(30)24(3,4)26-20/h7-10,12-14,26H,11H2,1-6H3/b8-7?,12-10+,17-9-,18-13+. The summed E-state index contributed by atoms with van der Waals surface area (Å²) in [6.45, 7) is 7.84. The Bertz CT molecular complexity index is 1380. The number of benzene rings is 1. The number of aromatic nitrogens is 3. The van der Waals surface area contributed by atoms with E-state index < -0.39 is 15.6 Å². The molecule has 2 aromatic rings. The number of halogens is 1. The number of allylic oxidation sites excluding steroid dienone is 5. The minimum Gasteiger partial charge on any atom is -0.497 e. The van der Waals surface area contributed by atoms with Gasteiger partial charge in [0.15, 0.2) is 5.82 Å². The number of aryl methyl sites for hydroxylation is 1. The van der Waals surface area contributed by atoms with Crippen molar-refractivity contribution >= 4 is 21.3 Å². The van der Waals surface area contributed by atoms with Crippen molar-refractivity contribution in [2.24, 2.45) is 0 Å². The summed E-state index contributed by atoms with van der Waals surface area (Å²) >= 11 is 0. The number of hydrogen-bond acceptors (Lipinski definition) is 6. The average Bonchev–Trinajstić information content (AvgIpc) is 3.13. The van der Waals surface area contributed by atoms with Crippen molar-refractivity contribution in [2.45, 2.75) is 33.2 Å². The van der Waals surface area contributed by atoms with E-state index in [0.717, 1.165) is 17.8 Å². The summed E-state index contributed by atoms with van der Waals surface area (Å²) in [7, 11) is -1.96. The van der Waals surface area contributed by atoms with Crippen molar-refractivity contribution in [2.75, 3.05) is 25.2 Å². The number of sulfonamides is 1. The van der Waals surface area contributed by atoms with Gasteiger partial charge >= 0.3 is 0 Å². The van der Waals surface area contributed by atoms with Gasteiger partial charge in [0.05, 0.1) is 36.8 Å². The largest absolute Gasteiger partial charge is 0.497 e. The molecule has 8 nitrogen and oxygen atoms in total. The Balaban J connectivity index is 1.90. The van der Waals surface area contributed by atoms with E-state index in [-0.39, 0.29) is 12.4 Å². The smallest absolute Gasteiger partial charge is 0.232 e. The molecule has 3 heterocycles. The summed E-state index contributed by atoms with van der Waals surface area (Å²) in [5.41, 5.74) is 2.64. The highest BCUT2D eigenvalue weighted by molar-refractivity contribution is 7.88. The molecule has 34 heavy (non-hydrogen) atoms. The van der Waals surface area contributed by atoms with Crippen LogP contribution >= 0.6 is 0 Å². The van der Waals surface area contributed by atoms with E-state index in [2.05, 4.69) is 15.5 Å². The van der Waals surface area contributed by atoms with E-state index in [1.54, 1.807) is 30.4 Å². The molecule has 0 radical (unpaired) electrons. The summed E-state index contributed by atoms with van der Waals surface area (Å²) in [6.07, 6.45) is 11.0. The van der Waals surface area contributed by atoms with Crippen LogP contribution in [0, 0.1) is 19.7 Å². The highest BCUT2D eigenvalue weighted by Crippen LogP contribution is 2.42. The van der Waals surface area contributed by atoms with Crippen molar-refractivity contribution in [1.82, 2.24) is 19.1 Å². The van der Waals surface area contributed by atoms with Gasteiger partial charge in [-0.05, 0) is 57.0 Å². The topological polar surface area (TPSA) is 89.3 Å². The van der Waals surface area contributed by atoms with Gasteiger partial charge in [0.25, 0.3) is 0 Å². The lowest BCUT2D eigenvalue weighted by Crippen LogP contribution is -2.36. The zero-order valence-electron chi connectivity index (χ0n) is 20.0. The van der Waals surface area contributed by atoms with Crippen LogP contribution in [0.3, 0.4) is 0 Å². The van der Waals surface area contributed by atoms with E-state index >= 15 is 4.39 Å². The minimum absolute atomic E-state index is 0.143. The number of anilines is 1. The van der Waals surface area contributed by atoms with Crippen LogP contribution in [-0.4, -0.2) is 47.4 Å². The molecule has 0 bridgehead atoms. The Hall–Kier alpha value is -3.40. The molecule has 1 aromatic carbocycles. The summed E-state index contributed by atoms with van der Waals surface area (Å²) in [5.74, 6) is 1.45. The van der Waals surface area contributed by atoms with Gasteiger partial charge < -0.3 is 10.1 Å². The molecule has 0 fully saturated rings. The molecule has 0 unspecified atom stereocenters. The van der Waals surface area contributed by atoms with Crippen LogP contribution < -0.4 is 5.32 Å². The monoisotopic (exact) mass is 485 g/mol. The molecule has 180 valence electrons. The number of fused-ring (bicyclic) bond motifs is 3. The molecule has 2 aliphatic heterocycles. The highest BCUT2D eigenvalue weighted by atomic mass is 32.2. The lowest BCUT2D eigenvalue weighted by molar-refractivity contribution is 0.306. The first-order chi connectivity index (χ1) is 15.9.